The fraction of sp³-hybridized carbons (Fsp3) is 0.214. The monoisotopic (exact) mass is 211 g/mol. The Kier molecular flexibility index (Phi) is 1.96. The molecular weight excluding hydrogens is 198 g/mol. The third-order valence-electron chi connectivity index (χ3n) is 3.36. The van der Waals surface area contributed by atoms with Crippen LogP contribution >= 0.6 is 0 Å². The lowest BCUT2D eigenvalue weighted by Crippen LogP contribution is -2.38. The van der Waals surface area contributed by atoms with Crippen LogP contribution in [0, 0.1) is 5.92 Å². The molecular formula is C14H13NO. The fourth-order valence-electron chi connectivity index (χ4n) is 2.50. The number of anilines is 1. The van der Waals surface area contributed by atoms with Crippen LogP contribution in [0.2, 0.25) is 0 Å². The molecule has 2 heteroatoms. The first-order valence-corrected chi connectivity index (χ1v) is 5.53. The van der Waals surface area contributed by atoms with Crippen LogP contribution in [0.15, 0.2) is 42.5 Å². The lowest BCUT2D eigenvalue weighted by molar-refractivity contribution is -0.120. The normalized spacial score (nSPS) is 22.6. The summed E-state index contributed by atoms with van der Waals surface area (Å²) in [6.45, 7) is 0. The molecule has 2 aliphatic rings. The van der Waals surface area contributed by atoms with Crippen molar-refractivity contribution in [2.75, 3.05) is 11.9 Å². The van der Waals surface area contributed by atoms with E-state index in [1.165, 1.54) is 11.1 Å². The van der Waals surface area contributed by atoms with Gasteiger partial charge in [0.05, 0.1) is 11.6 Å². The third-order valence-corrected chi connectivity index (χ3v) is 3.36. The fourth-order valence-corrected chi connectivity index (χ4v) is 2.50. The molecule has 0 N–H and O–H groups in total. The first-order chi connectivity index (χ1) is 7.79. The van der Waals surface area contributed by atoms with E-state index in [0.29, 0.717) is 0 Å². The first kappa shape index (κ1) is 9.40. The summed E-state index contributed by atoms with van der Waals surface area (Å²) >= 11 is 0. The van der Waals surface area contributed by atoms with Crippen LogP contribution in [0.1, 0.15) is 12.0 Å². The van der Waals surface area contributed by atoms with Gasteiger partial charge in [0.25, 0.3) is 0 Å². The van der Waals surface area contributed by atoms with Crippen molar-refractivity contribution in [1.29, 1.82) is 0 Å². The molecule has 3 rings (SSSR count). The average Bonchev–Trinajstić information content (AvgIpc) is 2.36. The zero-order valence-corrected chi connectivity index (χ0v) is 9.18. The van der Waals surface area contributed by atoms with E-state index in [1.54, 1.807) is 4.90 Å². The van der Waals surface area contributed by atoms with Gasteiger partial charge in [0.15, 0.2) is 0 Å². The van der Waals surface area contributed by atoms with Gasteiger partial charge in [-0.25, -0.2) is 0 Å². The van der Waals surface area contributed by atoms with Gasteiger partial charge >= 0.3 is 0 Å². The van der Waals surface area contributed by atoms with Gasteiger partial charge in [0.2, 0.25) is 5.91 Å². The van der Waals surface area contributed by atoms with Crippen molar-refractivity contribution in [1.82, 2.24) is 0 Å². The molecule has 0 fully saturated rings. The summed E-state index contributed by atoms with van der Waals surface area (Å²) in [5.41, 5.74) is 3.38. The summed E-state index contributed by atoms with van der Waals surface area (Å²) in [7, 11) is 1.86. The topological polar surface area (TPSA) is 20.3 Å². The van der Waals surface area contributed by atoms with Crippen molar-refractivity contribution in [3.05, 3.63) is 48.1 Å². The van der Waals surface area contributed by atoms with E-state index in [4.69, 9.17) is 0 Å². The second kappa shape index (κ2) is 3.34. The van der Waals surface area contributed by atoms with Crippen LogP contribution in [0.4, 0.5) is 5.69 Å². The molecule has 0 saturated carbocycles. The molecule has 0 radical (unpaired) electrons. The third kappa shape index (κ3) is 1.16. The molecule has 1 aromatic rings. The number of nitrogens with zero attached hydrogens (tertiary/aromatic N) is 1. The molecule has 1 unspecified atom stereocenters. The SMILES string of the molecule is CN1C(=O)C2CC=CC=C2c2ccccc21. The van der Waals surface area contributed by atoms with E-state index in [-0.39, 0.29) is 11.8 Å². The maximum absolute atomic E-state index is 12.2. The zero-order chi connectivity index (χ0) is 11.1. The van der Waals surface area contributed by atoms with Gasteiger partial charge in [-0.15, -0.1) is 0 Å². The van der Waals surface area contributed by atoms with Gasteiger partial charge < -0.3 is 4.90 Å². The molecule has 2 nitrogen and oxygen atoms in total. The molecule has 1 aliphatic carbocycles. The van der Waals surface area contributed by atoms with Crippen molar-refractivity contribution >= 4 is 17.2 Å². The Morgan fingerprint density at radius 3 is 3.00 bits per heavy atom. The molecule has 0 bridgehead atoms. The number of benzene rings is 1. The Morgan fingerprint density at radius 2 is 2.12 bits per heavy atom. The van der Waals surface area contributed by atoms with E-state index >= 15 is 0 Å². The quantitative estimate of drug-likeness (QED) is 0.646. The molecule has 1 aliphatic heterocycles. The number of carbonyl (C=O) groups excluding carboxylic acids is 1. The predicted molar refractivity (Wildman–Crippen MR) is 65.1 cm³/mol. The van der Waals surface area contributed by atoms with Crippen LogP contribution < -0.4 is 4.90 Å². The lowest BCUT2D eigenvalue weighted by atomic mass is 9.82. The highest BCUT2D eigenvalue weighted by Crippen LogP contribution is 2.40. The van der Waals surface area contributed by atoms with Crippen LogP contribution in [0.5, 0.6) is 0 Å². The number of amides is 1. The highest BCUT2D eigenvalue weighted by Gasteiger charge is 2.34. The van der Waals surface area contributed by atoms with Gasteiger partial charge in [-0.1, -0.05) is 36.4 Å². The predicted octanol–water partition coefficient (Wildman–Crippen LogP) is 2.62. The van der Waals surface area contributed by atoms with Crippen LogP contribution in [-0.4, -0.2) is 13.0 Å². The Morgan fingerprint density at radius 1 is 1.31 bits per heavy atom. The number of hydrogen-bond donors (Lipinski definition) is 0. The van der Waals surface area contributed by atoms with E-state index in [2.05, 4.69) is 18.2 Å². The van der Waals surface area contributed by atoms with Gasteiger partial charge in [0, 0.05) is 12.6 Å². The Hall–Kier alpha value is -1.83. The van der Waals surface area contributed by atoms with Crippen molar-refractivity contribution in [2.45, 2.75) is 6.42 Å². The molecule has 16 heavy (non-hydrogen) atoms. The maximum atomic E-state index is 12.2. The largest absolute Gasteiger partial charge is 0.314 e. The molecule has 0 saturated heterocycles. The number of rotatable bonds is 0. The van der Waals surface area contributed by atoms with E-state index in [1.807, 2.05) is 31.3 Å². The molecule has 0 spiro atoms. The molecule has 80 valence electrons. The average molecular weight is 211 g/mol. The number of para-hydroxylation sites is 1. The summed E-state index contributed by atoms with van der Waals surface area (Å²) < 4.78 is 0. The van der Waals surface area contributed by atoms with Crippen LogP contribution in [-0.2, 0) is 4.79 Å². The van der Waals surface area contributed by atoms with Gasteiger partial charge in [-0.05, 0) is 18.1 Å². The molecule has 0 aromatic heterocycles. The first-order valence-electron chi connectivity index (χ1n) is 5.53. The number of carbonyl (C=O) groups is 1. The minimum absolute atomic E-state index is 0.0184. The van der Waals surface area contributed by atoms with Gasteiger partial charge in [-0.2, -0.15) is 0 Å². The van der Waals surface area contributed by atoms with E-state index < -0.39 is 0 Å². The summed E-state index contributed by atoms with van der Waals surface area (Å²) in [5, 5.41) is 0. The standard InChI is InChI=1S/C14H13NO/c1-15-13-9-5-4-7-11(13)10-6-2-3-8-12(10)14(15)16/h2-7,9,12H,8H2,1H3. The van der Waals surface area contributed by atoms with Crippen molar-refractivity contribution < 1.29 is 4.79 Å². The molecule has 1 heterocycles. The van der Waals surface area contributed by atoms with Gasteiger partial charge in [-0.3, -0.25) is 4.79 Å². The maximum Gasteiger partial charge on any atom is 0.234 e. The summed E-state index contributed by atoms with van der Waals surface area (Å²) in [5.74, 6) is 0.221. The smallest absolute Gasteiger partial charge is 0.234 e. The van der Waals surface area contributed by atoms with Crippen LogP contribution in [0.3, 0.4) is 0 Å². The highest BCUT2D eigenvalue weighted by atomic mass is 16.2. The lowest BCUT2D eigenvalue weighted by Gasteiger charge is -2.34. The summed E-state index contributed by atoms with van der Waals surface area (Å²) in [6.07, 6.45) is 7.00. The number of hydrogen-bond acceptors (Lipinski definition) is 1. The second-order valence-electron chi connectivity index (χ2n) is 4.25. The van der Waals surface area contributed by atoms with Crippen molar-refractivity contribution in [3.8, 4) is 0 Å². The minimum Gasteiger partial charge on any atom is -0.314 e. The second-order valence-corrected chi connectivity index (χ2v) is 4.25. The Labute approximate surface area is 94.9 Å². The number of allylic oxidation sites excluding steroid dienone is 3. The summed E-state index contributed by atoms with van der Waals surface area (Å²) in [4.78, 5) is 13.9. The summed E-state index contributed by atoms with van der Waals surface area (Å²) in [6, 6.07) is 8.10. The minimum atomic E-state index is 0.0184. The van der Waals surface area contributed by atoms with Crippen molar-refractivity contribution in [3.63, 3.8) is 0 Å². The van der Waals surface area contributed by atoms with E-state index in [9.17, 15) is 4.79 Å². The van der Waals surface area contributed by atoms with Crippen molar-refractivity contribution in [2.24, 2.45) is 5.92 Å². The number of fused-ring (bicyclic) bond motifs is 3. The molecule has 1 atom stereocenters. The Bertz CT molecular complexity index is 513. The molecule has 1 aromatic carbocycles. The van der Waals surface area contributed by atoms with Crippen LogP contribution in [0.25, 0.3) is 5.57 Å². The molecule has 1 amide bonds. The zero-order valence-electron chi connectivity index (χ0n) is 9.18. The Balaban J connectivity index is 2.24. The van der Waals surface area contributed by atoms with Gasteiger partial charge in [0.1, 0.15) is 0 Å². The van der Waals surface area contributed by atoms with E-state index in [0.717, 1.165) is 12.1 Å². The highest BCUT2D eigenvalue weighted by molar-refractivity contribution is 6.09.